The highest BCUT2D eigenvalue weighted by molar-refractivity contribution is 9.10. The average molecular weight is 354 g/mol. The molecule has 0 unspecified atom stereocenters. The van der Waals surface area contributed by atoms with E-state index in [4.69, 9.17) is 0 Å². The van der Waals surface area contributed by atoms with Crippen LogP contribution >= 0.6 is 15.9 Å². The predicted octanol–water partition coefficient (Wildman–Crippen LogP) is 2.03. The predicted molar refractivity (Wildman–Crippen MR) is 81.9 cm³/mol. The van der Waals surface area contributed by atoms with E-state index in [1.807, 2.05) is 25.1 Å². The molecule has 2 N–H and O–H groups in total. The summed E-state index contributed by atoms with van der Waals surface area (Å²) in [6, 6.07) is 5.17. The molecule has 6 nitrogen and oxygen atoms in total. The van der Waals surface area contributed by atoms with Crippen LogP contribution in [0.5, 0.6) is 0 Å². The number of benzene rings is 1. The molecule has 1 aromatic rings. The molecule has 1 fully saturated rings. The van der Waals surface area contributed by atoms with Gasteiger partial charge in [0, 0.05) is 23.1 Å². The third kappa shape index (κ3) is 4.04. The first-order valence-corrected chi connectivity index (χ1v) is 7.41. The van der Waals surface area contributed by atoms with E-state index >= 15 is 0 Å². The van der Waals surface area contributed by atoms with E-state index in [-0.39, 0.29) is 37.4 Å². The number of anilines is 1. The summed E-state index contributed by atoms with van der Waals surface area (Å²) in [4.78, 5) is 35.6. The fourth-order valence-corrected chi connectivity index (χ4v) is 2.27. The zero-order chi connectivity index (χ0) is 15.4. The first kappa shape index (κ1) is 15.5. The molecule has 4 amide bonds. The van der Waals surface area contributed by atoms with Gasteiger partial charge in [-0.2, -0.15) is 0 Å². The van der Waals surface area contributed by atoms with Crippen LogP contribution in [-0.2, 0) is 9.59 Å². The molecule has 0 aliphatic carbocycles. The second kappa shape index (κ2) is 6.71. The van der Waals surface area contributed by atoms with E-state index in [1.165, 1.54) is 0 Å². The maximum Gasteiger partial charge on any atom is 0.324 e. The monoisotopic (exact) mass is 353 g/mol. The van der Waals surface area contributed by atoms with Crippen molar-refractivity contribution in [1.82, 2.24) is 10.2 Å². The van der Waals surface area contributed by atoms with Gasteiger partial charge in [-0.1, -0.05) is 15.9 Å². The lowest BCUT2D eigenvalue weighted by Gasteiger charge is -2.12. The largest absolute Gasteiger partial charge is 0.329 e. The van der Waals surface area contributed by atoms with Crippen molar-refractivity contribution in [3.63, 3.8) is 0 Å². The van der Waals surface area contributed by atoms with Crippen molar-refractivity contribution in [2.45, 2.75) is 19.8 Å². The topological polar surface area (TPSA) is 78.5 Å². The molecule has 0 radical (unpaired) electrons. The lowest BCUT2D eigenvalue weighted by Crippen LogP contribution is -2.32. The lowest BCUT2D eigenvalue weighted by molar-refractivity contribution is -0.125. The minimum absolute atomic E-state index is 0.0448. The van der Waals surface area contributed by atoms with Gasteiger partial charge in [-0.15, -0.1) is 0 Å². The molecule has 1 aliphatic rings. The number of carbonyl (C=O) groups excluding carboxylic acids is 3. The van der Waals surface area contributed by atoms with Gasteiger partial charge >= 0.3 is 6.03 Å². The molecule has 1 saturated heterocycles. The van der Waals surface area contributed by atoms with Gasteiger partial charge in [0.15, 0.2) is 0 Å². The number of hydrogen-bond donors (Lipinski definition) is 2. The number of carbonyl (C=O) groups is 3. The highest BCUT2D eigenvalue weighted by atomic mass is 79.9. The van der Waals surface area contributed by atoms with Crippen LogP contribution in [0, 0.1) is 6.92 Å². The molecule has 0 spiro atoms. The molecule has 0 bridgehead atoms. The van der Waals surface area contributed by atoms with E-state index in [2.05, 4.69) is 26.6 Å². The molecule has 1 heterocycles. The molecular weight excluding hydrogens is 338 g/mol. The molecule has 0 aromatic heterocycles. The molecule has 0 atom stereocenters. The van der Waals surface area contributed by atoms with Crippen LogP contribution in [0.3, 0.4) is 0 Å². The van der Waals surface area contributed by atoms with Crippen LogP contribution in [0.1, 0.15) is 18.4 Å². The quantitative estimate of drug-likeness (QED) is 0.795. The van der Waals surface area contributed by atoms with Crippen molar-refractivity contribution in [2.24, 2.45) is 0 Å². The SMILES string of the molecule is Cc1cc(NC(=O)CCCN2C(=O)CNC2=O)ccc1Br. The summed E-state index contributed by atoms with van der Waals surface area (Å²) in [5.41, 5.74) is 1.77. The minimum Gasteiger partial charge on any atom is -0.329 e. The summed E-state index contributed by atoms with van der Waals surface area (Å²) < 4.78 is 0.985. The van der Waals surface area contributed by atoms with Crippen LogP contribution in [0.4, 0.5) is 10.5 Å². The van der Waals surface area contributed by atoms with Crippen molar-refractivity contribution in [1.29, 1.82) is 0 Å². The number of amides is 4. The average Bonchev–Trinajstić information content (AvgIpc) is 2.74. The number of halogens is 1. The number of aryl methyl sites for hydroxylation is 1. The Morgan fingerprint density at radius 3 is 2.81 bits per heavy atom. The van der Waals surface area contributed by atoms with Gasteiger partial charge in [0.05, 0.1) is 6.54 Å². The van der Waals surface area contributed by atoms with Crippen LogP contribution in [0.25, 0.3) is 0 Å². The van der Waals surface area contributed by atoms with E-state index in [0.717, 1.165) is 20.6 Å². The zero-order valence-electron chi connectivity index (χ0n) is 11.6. The van der Waals surface area contributed by atoms with Crippen molar-refractivity contribution >= 4 is 39.5 Å². The third-order valence-electron chi connectivity index (χ3n) is 3.16. The van der Waals surface area contributed by atoms with E-state index in [0.29, 0.717) is 6.42 Å². The maximum atomic E-state index is 11.8. The molecule has 21 heavy (non-hydrogen) atoms. The summed E-state index contributed by atoms with van der Waals surface area (Å²) in [6.07, 6.45) is 0.701. The molecular formula is C14H16BrN3O3. The molecule has 2 rings (SSSR count). The maximum absolute atomic E-state index is 11.8. The second-order valence-corrected chi connectivity index (χ2v) is 5.67. The first-order chi connectivity index (χ1) is 9.97. The Labute approximate surface area is 131 Å². The number of hydrogen-bond acceptors (Lipinski definition) is 3. The Bertz CT molecular complexity index is 573. The van der Waals surface area contributed by atoms with Gasteiger partial charge < -0.3 is 10.6 Å². The van der Waals surface area contributed by atoms with E-state index < -0.39 is 0 Å². The normalized spacial score (nSPS) is 14.3. The van der Waals surface area contributed by atoms with Crippen LogP contribution < -0.4 is 10.6 Å². The number of nitrogens with zero attached hydrogens (tertiary/aromatic N) is 1. The number of rotatable bonds is 5. The Morgan fingerprint density at radius 2 is 2.19 bits per heavy atom. The Balaban J connectivity index is 1.78. The van der Waals surface area contributed by atoms with Crippen molar-refractivity contribution in [3.8, 4) is 0 Å². The zero-order valence-corrected chi connectivity index (χ0v) is 13.2. The fraction of sp³-hybridized carbons (Fsp3) is 0.357. The fourth-order valence-electron chi connectivity index (χ4n) is 2.03. The Morgan fingerprint density at radius 1 is 1.43 bits per heavy atom. The van der Waals surface area contributed by atoms with Gasteiger partial charge in [0.2, 0.25) is 11.8 Å². The molecule has 112 valence electrons. The third-order valence-corrected chi connectivity index (χ3v) is 4.05. The van der Waals surface area contributed by atoms with Gasteiger partial charge in [-0.05, 0) is 37.1 Å². The summed E-state index contributed by atoms with van der Waals surface area (Å²) >= 11 is 3.40. The van der Waals surface area contributed by atoms with Crippen LogP contribution in [-0.4, -0.2) is 35.8 Å². The summed E-state index contributed by atoms with van der Waals surface area (Å²) in [6.45, 7) is 2.25. The first-order valence-electron chi connectivity index (χ1n) is 6.61. The molecule has 1 aliphatic heterocycles. The second-order valence-electron chi connectivity index (χ2n) is 4.82. The van der Waals surface area contributed by atoms with Crippen molar-refractivity contribution in [3.05, 3.63) is 28.2 Å². The van der Waals surface area contributed by atoms with E-state index in [1.54, 1.807) is 0 Å². The summed E-state index contributed by atoms with van der Waals surface area (Å²) in [7, 11) is 0. The Kier molecular flexibility index (Phi) is 4.95. The standard InChI is InChI=1S/C14H16BrN3O3/c1-9-7-10(4-5-11(9)15)17-12(19)3-2-6-18-13(20)8-16-14(18)21/h4-5,7H,2-3,6,8H2,1H3,(H,16,21)(H,17,19). The van der Waals surface area contributed by atoms with Gasteiger partial charge in [-0.3, -0.25) is 14.5 Å². The highest BCUT2D eigenvalue weighted by Gasteiger charge is 2.27. The number of imide groups is 1. The smallest absolute Gasteiger partial charge is 0.324 e. The lowest BCUT2D eigenvalue weighted by atomic mass is 10.2. The van der Waals surface area contributed by atoms with Crippen LogP contribution in [0.2, 0.25) is 0 Å². The van der Waals surface area contributed by atoms with Crippen molar-refractivity contribution < 1.29 is 14.4 Å². The minimum atomic E-state index is -0.385. The summed E-state index contributed by atoms with van der Waals surface area (Å²) in [5, 5.41) is 5.24. The van der Waals surface area contributed by atoms with Crippen molar-refractivity contribution in [2.75, 3.05) is 18.4 Å². The number of nitrogens with one attached hydrogen (secondary N) is 2. The highest BCUT2D eigenvalue weighted by Crippen LogP contribution is 2.20. The molecule has 7 heteroatoms. The van der Waals surface area contributed by atoms with Gasteiger partial charge in [0.25, 0.3) is 0 Å². The summed E-state index contributed by atoms with van der Waals surface area (Å²) in [5.74, 6) is -0.382. The van der Waals surface area contributed by atoms with Gasteiger partial charge in [0.1, 0.15) is 0 Å². The molecule has 0 saturated carbocycles. The Hall–Kier alpha value is -1.89. The van der Waals surface area contributed by atoms with E-state index in [9.17, 15) is 14.4 Å². The number of urea groups is 1. The molecule has 1 aromatic carbocycles. The van der Waals surface area contributed by atoms with Gasteiger partial charge in [-0.25, -0.2) is 4.79 Å². The van der Waals surface area contributed by atoms with Crippen LogP contribution in [0.15, 0.2) is 22.7 Å².